The first-order valence-electron chi connectivity index (χ1n) is 4.25. The molecule has 1 atom stereocenters. The summed E-state index contributed by atoms with van der Waals surface area (Å²) < 4.78 is 41.2. The average Bonchev–Trinajstić information content (AvgIpc) is 1.94. The zero-order chi connectivity index (χ0) is 12.3. The van der Waals surface area contributed by atoms with Gasteiger partial charge in [-0.15, -0.1) is 6.58 Å². The summed E-state index contributed by atoms with van der Waals surface area (Å²) in [6.45, 7) is 7.66. The predicted molar refractivity (Wildman–Crippen MR) is 49.4 cm³/mol. The Kier molecular flexibility index (Phi) is 4.18. The molecule has 0 aliphatic rings. The van der Waals surface area contributed by atoms with E-state index in [1.54, 1.807) is 26.1 Å². The molecule has 0 spiro atoms. The number of alkyl carbamates (subject to hydrolysis) is 1. The SMILES string of the molecule is C=C[C@H](NC(=O)OC(C)(C)C)C(F)(F)F. The first-order valence-corrected chi connectivity index (χ1v) is 4.25. The monoisotopic (exact) mass is 225 g/mol. The van der Waals surface area contributed by atoms with Crippen molar-refractivity contribution in [2.24, 2.45) is 0 Å². The fraction of sp³-hybridized carbons (Fsp3) is 0.667. The molecule has 0 heterocycles. The van der Waals surface area contributed by atoms with E-state index in [4.69, 9.17) is 0 Å². The fourth-order valence-corrected chi connectivity index (χ4v) is 0.709. The van der Waals surface area contributed by atoms with Gasteiger partial charge in [0.25, 0.3) is 0 Å². The van der Waals surface area contributed by atoms with Crippen LogP contribution in [0.25, 0.3) is 0 Å². The van der Waals surface area contributed by atoms with Crippen molar-refractivity contribution >= 4 is 6.09 Å². The Morgan fingerprint density at radius 2 is 1.87 bits per heavy atom. The van der Waals surface area contributed by atoms with Crippen LogP contribution >= 0.6 is 0 Å². The molecule has 0 aromatic carbocycles. The molecule has 0 bridgehead atoms. The smallest absolute Gasteiger partial charge is 0.412 e. The molecular formula is C9H14F3NO2. The molecule has 88 valence electrons. The zero-order valence-electron chi connectivity index (χ0n) is 8.81. The van der Waals surface area contributed by atoms with Crippen LogP contribution in [0.2, 0.25) is 0 Å². The first-order chi connectivity index (χ1) is 6.56. The van der Waals surface area contributed by atoms with Gasteiger partial charge in [-0.3, -0.25) is 0 Å². The average molecular weight is 225 g/mol. The molecule has 0 aromatic rings. The fourth-order valence-electron chi connectivity index (χ4n) is 0.709. The molecule has 0 radical (unpaired) electrons. The van der Waals surface area contributed by atoms with Crippen molar-refractivity contribution in [2.75, 3.05) is 0 Å². The van der Waals surface area contributed by atoms with E-state index in [2.05, 4.69) is 11.3 Å². The van der Waals surface area contributed by atoms with Gasteiger partial charge in [-0.25, -0.2) is 4.79 Å². The summed E-state index contributed by atoms with van der Waals surface area (Å²) in [5.74, 6) is 0. The van der Waals surface area contributed by atoms with Crippen molar-refractivity contribution in [3.8, 4) is 0 Å². The number of carbonyl (C=O) groups excluding carboxylic acids is 1. The summed E-state index contributed by atoms with van der Waals surface area (Å²) in [4.78, 5) is 11.0. The molecule has 1 N–H and O–H groups in total. The van der Waals surface area contributed by atoms with Gasteiger partial charge in [-0.05, 0) is 20.8 Å². The maximum atomic E-state index is 12.2. The predicted octanol–water partition coefficient (Wildman–Crippen LogP) is 2.63. The quantitative estimate of drug-likeness (QED) is 0.733. The second-order valence-electron chi connectivity index (χ2n) is 3.90. The zero-order valence-corrected chi connectivity index (χ0v) is 8.81. The molecule has 0 rings (SSSR count). The summed E-state index contributed by atoms with van der Waals surface area (Å²) in [5.41, 5.74) is -0.832. The van der Waals surface area contributed by atoms with Gasteiger partial charge in [0.1, 0.15) is 11.6 Å². The Morgan fingerprint density at radius 3 is 2.13 bits per heavy atom. The molecule has 0 aliphatic heterocycles. The third-order valence-corrected chi connectivity index (χ3v) is 1.26. The van der Waals surface area contributed by atoms with Gasteiger partial charge in [0, 0.05) is 0 Å². The second-order valence-corrected chi connectivity index (χ2v) is 3.90. The number of ether oxygens (including phenoxy) is 1. The molecule has 15 heavy (non-hydrogen) atoms. The number of rotatable bonds is 2. The molecule has 0 saturated heterocycles. The van der Waals surface area contributed by atoms with Gasteiger partial charge in [0.05, 0.1) is 0 Å². The van der Waals surface area contributed by atoms with Crippen LogP contribution in [0.5, 0.6) is 0 Å². The molecule has 6 heteroatoms. The van der Waals surface area contributed by atoms with Crippen LogP contribution in [-0.4, -0.2) is 23.9 Å². The van der Waals surface area contributed by atoms with Crippen LogP contribution in [0.15, 0.2) is 12.7 Å². The second kappa shape index (κ2) is 4.55. The summed E-state index contributed by atoms with van der Waals surface area (Å²) in [5, 5.41) is 1.66. The first kappa shape index (κ1) is 13.8. The van der Waals surface area contributed by atoms with E-state index >= 15 is 0 Å². The Bertz CT molecular complexity index is 243. The van der Waals surface area contributed by atoms with Crippen LogP contribution in [0.3, 0.4) is 0 Å². The minimum Gasteiger partial charge on any atom is -0.444 e. The Labute approximate surface area is 86.3 Å². The largest absolute Gasteiger partial charge is 0.444 e. The van der Waals surface area contributed by atoms with Crippen molar-refractivity contribution in [3.63, 3.8) is 0 Å². The highest BCUT2D eigenvalue weighted by Crippen LogP contribution is 2.21. The molecule has 0 unspecified atom stereocenters. The lowest BCUT2D eigenvalue weighted by atomic mass is 10.2. The van der Waals surface area contributed by atoms with Gasteiger partial charge in [-0.1, -0.05) is 6.08 Å². The Hall–Kier alpha value is -1.20. The molecule has 0 saturated carbocycles. The molecule has 0 aliphatic carbocycles. The van der Waals surface area contributed by atoms with E-state index in [1.165, 1.54) is 0 Å². The lowest BCUT2D eigenvalue weighted by molar-refractivity contribution is -0.143. The number of nitrogens with one attached hydrogen (secondary N) is 1. The highest BCUT2D eigenvalue weighted by Gasteiger charge is 2.39. The van der Waals surface area contributed by atoms with Crippen LogP contribution in [0.1, 0.15) is 20.8 Å². The van der Waals surface area contributed by atoms with E-state index in [0.717, 1.165) is 0 Å². The molecule has 1 amide bonds. The van der Waals surface area contributed by atoms with Crippen molar-refractivity contribution in [1.82, 2.24) is 5.32 Å². The van der Waals surface area contributed by atoms with Crippen LogP contribution < -0.4 is 5.32 Å². The molecule has 0 fully saturated rings. The summed E-state index contributed by atoms with van der Waals surface area (Å²) in [6.07, 6.45) is -5.08. The number of hydrogen-bond acceptors (Lipinski definition) is 2. The van der Waals surface area contributed by atoms with E-state index in [1.807, 2.05) is 0 Å². The minimum absolute atomic E-state index is 0.601. The minimum atomic E-state index is -4.56. The van der Waals surface area contributed by atoms with E-state index in [9.17, 15) is 18.0 Å². The summed E-state index contributed by atoms with van der Waals surface area (Å²) >= 11 is 0. The van der Waals surface area contributed by atoms with Gasteiger partial charge in [-0.2, -0.15) is 13.2 Å². The summed E-state index contributed by atoms with van der Waals surface area (Å²) in [6, 6.07) is -2.09. The van der Waals surface area contributed by atoms with Gasteiger partial charge >= 0.3 is 12.3 Å². The van der Waals surface area contributed by atoms with E-state index in [-0.39, 0.29) is 0 Å². The highest BCUT2D eigenvalue weighted by molar-refractivity contribution is 5.68. The van der Waals surface area contributed by atoms with Crippen LogP contribution in [0.4, 0.5) is 18.0 Å². The van der Waals surface area contributed by atoms with Gasteiger partial charge < -0.3 is 10.1 Å². The van der Waals surface area contributed by atoms with Crippen molar-refractivity contribution in [2.45, 2.75) is 38.6 Å². The Morgan fingerprint density at radius 1 is 1.40 bits per heavy atom. The standard InChI is InChI=1S/C9H14F3NO2/c1-5-6(9(10,11)12)13-7(14)15-8(2,3)4/h5-6H,1H2,2-4H3,(H,13,14)/t6-/m0/s1. The number of halogens is 3. The number of carbonyl (C=O) groups is 1. The molecule has 3 nitrogen and oxygen atoms in total. The Balaban J connectivity index is 4.33. The van der Waals surface area contributed by atoms with Crippen molar-refractivity contribution < 1.29 is 22.7 Å². The maximum absolute atomic E-state index is 12.2. The molecular weight excluding hydrogens is 211 g/mol. The molecule has 0 aromatic heterocycles. The van der Waals surface area contributed by atoms with Gasteiger partial charge in [0.15, 0.2) is 0 Å². The maximum Gasteiger partial charge on any atom is 0.412 e. The lowest BCUT2D eigenvalue weighted by Gasteiger charge is -2.23. The third-order valence-electron chi connectivity index (χ3n) is 1.26. The lowest BCUT2D eigenvalue weighted by Crippen LogP contribution is -2.45. The number of hydrogen-bond donors (Lipinski definition) is 1. The number of amides is 1. The van der Waals surface area contributed by atoms with Crippen LogP contribution in [0, 0.1) is 0 Å². The van der Waals surface area contributed by atoms with Crippen molar-refractivity contribution in [3.05, 3.63) is 12.7 Å². The van der Waals surface area contributed by atoms with E-state index in [0.29, 0.717) is 6.08 Å². The number of alkyl halides is 3. The van der Waals surface area contributed by atoms with E-state index < -0.39 is 23.9 Å². The summed E-state index contributed by atoms with van der Waals surface area (Å²) in [7, 11) is 0. The van der Waals surface area contributed by atoms with Crippen LogP contribution in [-0.2, 0) is 4.74 Å². The topological polar surface area (TPSA) is 38.3 Å². The highest BCUT2D eigenvalue weighted by atomic mass is 19.4. The normalized spacial score (nSPS) is 14.3. The van der Waals surface area contributed by atoms with Gasteiger partial charge in [0.2, 0.25) is 0 Å². The third kappa shape index (κ3) is 5.98. The van der Waals surface area contributed by atoms with Crippen molar-refractivity contribution in [1.29, 1.82) is 0 Å².